The quantitative estimate of drug-likeness (QED) is 0.890. The SMILES string of the molecule is O[C@@H](c1ccccn1)C1CCN(Cc2ncc[nH]2)CC1. The molecule has 5 heteroatoms. The van der Waals surface area contributed by atoms with E-state index >= 15 is 0 Å². The van der Waals surface area contributed by atoms with E-state index in [1.807, 2.05) is 24.4 Å². The van der Waals surface area contributed by atoms with Gasteiger partial charge in [-0.1, -0.05) is 6.07 Å². The molecule has 1 aliphatic heterocycles. The maximum atomic E-state index is 10.4. The summed E-state index contributed by atoms with van der Waals surface area (Å²) in [6.45, 7) is 2.85. The van der Waals surface area contributed by atoms with Crippen molar-refractivity contribution >= 4 is 0 Å². The van der Waals surface area contributed by atoms with Crippen molar-refractivity contribution in [3.8, 4) is 0 Å². The molecule has 1 atom stereocenters. The van der Waals surface area contributed by atoms with E-state index in [-0.39, 0.29) is 0 Å². The Morgan fingerprint density at radius 3 is 2.75 bits per heavy atom. The van der Waals surface area contributed by atoms with E-state index in [0.717, 1.165) is 44.0 Å². The number of hydrogen-bond acceptors (Lipinski definition) is 4. The molecule has 1 fully saturated rings. The highest BCUT2D eigenvalue weighted by molar-refractivity contribution is 5.08. The minimum Gasteiger partial charge on any atom is -0.387 e. The molecule has 2 aromatic rings. The number of nitrogens with zero attached hydrogens (tertiary/aromatic N) is 3. The third-order valence-electron chi connectivity index (χ3n) is 4.00. The maximum absolute atomic E-state index is 10.4. The van der Waals surface area contributed by atoms with E-state index in [1.54, 1.807) is 12.4 Å². The molecule has 0 radical (unpaired) electrons. The van der Waals surface area contributed by atoms with Crippen LogP contribution in [0.25, 0.3) is 0 Å². The standard InChI is InChI=1S/C15H20N4O/c20-15(13-3-1-2-6-16-13)12-4-9-19(10-5-12)11-14-17-7-8-18-14/h1-3,6-8,12,15,20H,4-5,9-11H2,(H,17,18)/t15-/m1/s1. The summed E-state index contributed by atoms with van der Waals surface area (Å²) in [4.78, 5) is 14.0. The molecule has 0 unspecified atom stereocenters. The lowest BCUT2D eigenvalue weighted by molar-refractivity contribution is 0.0534. The van der Waals surface area contributed by atoms with Gasteiger partial charge in [-0.05, 0) is 44.0 Å². The summed E-state index contributed by atoms with van der Waals surface area (Å²) in [5.41, 5.74) is 0.789. The summed E-state index contributed by atoms with van der Waals surface area (Å²) in [6, 6.07) is 5.71. The second-order valence-corrected chi connectivity index (χ2v) is 5.35. The summed E-state index contributed by atoms with van der Waals surface area (Å²) in [7, 11) is 0. The van der Waals surface area contributed by atoms with Crippen molar-refractivity contribution in [1.82, 2.24) is 19.9 Å². The molecule has 20 heavy (non-hydrogen) atoms. The zero-order valence-electron chi connectivity index (χ0n) is 11.4. The first-order valence-corrected chi connectivity index (χ1v) is 7.12. The Kier molecular flexibility index (Phi) is 4.08. The van der Waals surface area contributed by atoms with Crippen molar-refractivity contribution in [2.75, 3.05) is 13.1 Å². The number of nitrogens with one attached hydrogen (secondary N) is 1. The molecule has 106 valence electrons. The molecule has 0 bridgehead atoms. The lowest BCUT2D eigenvalue weighted by Crippen LogP contribution is -2.35. The van der Waals surface area contributed by atoms with Gasteiger partial charge in [0, 0.05) is 18.6 Å². The molecule has 0 amide bonds. The van der Waals surface area contributed by atoms with Crippen molar-refractivity contribution in [3.05, 3.63) is 48.3 Å². The monoisotopic (exact) mass is 272 g/mol. The van der Waals surface area contributed by atoms with E-state index in [0.29, 0.717) is 5.92 Å². The molecular formula is C15H20N4O. The number of pyridine rings is 1. The van der Waals surface area contributed by atoms with Crippen molar-refractivity contribution in [1.29, 1.82) is 0 Å². The summed E-state index contributed by atoms with van der Waals surface area (Å²) in [5, 5.41) is 10.4. The molecule has 3 heterocycles. The fraction of sp³-hybridized carbons (Fsp3) is 0.467. The van der Waals surface area contributed by atoms with Gasteiger partial charge in [-0.2, -0.15) is 0 Å². The first kappa shape index (κ1) is 13.3. The van der Waals surface area contributed by atoms with Crippen LogP contribution in [0, 0.1) is 5.92 Å². The van der Waals surface area contributed by atoms with Gasteiger partial charge in [0.05, 0.1) is 18.3 Å². The predicted octanol–water partition coefficient (Wildman–Crippen LogP) is 1.75. The zero-order chi connectivity index (χ0) is 13.8. The van der Waals surface area contributed by atoms with Gasteiger partial charge in [-0.15, -0.1) is 0 Å². The molecular weight excluding hydrogens is 252 g/mol. The molecule has 1 saturated heterocycles. The Labute approximate surface area is 118 Å². The zero-order valence-corrected chi connectivity index (χ0v) is 11.4. The van der Waals surface area contributed by atoms with Gasteiger partial charge in [-0.25, -0.2) is 4.98 Å². The van der Waals surface area contributed by atoms with E-state index in [1.165, 1.54) is 0 Å². The predicted molar refractivity (Wildman–Crippen MR) is 75.8 cm³/mol. The third kappa shape index (κ3) is 3.05. The van der Waals surface area contributed by atoms with Crippen LogP contribution in [-0.4, -0.2) is 38.0 Å². The molecule has 0 spiro atoms. The van der Waals surface area contributed by atoms with Crippen molar-refractivity contribution in [2.24, 2.45) is 5.92 Å². The van der Waals surface area contributed by atoms with Gasteiger partial charge in [0.2, 0.25) is 0 Å². The molecule has 0 aromatic carbocycles. The van der Waals surface area contributed by atoms with Crippen LogP contribution in [0.5, 0.6) is 0 Å². The molecule has 0 aliphatic carbocycles. The topological polar surface area (TPSA) is 65.0 Å². The number of likely N-dealkylation sites (tertiary alicyclic amines) is 1. The molecule has 0 saturated carbocycles. The van der Waals surface area contributed by atoms with Crippen molar-refractivity contribution < 1.29 is 5.11 Å². The minimum absolute atomic E-state index is 0.303. The number of H-pyrrole nitrogens is 1. The largest absolute Gasteiger partial charge is 0.387 e. The lowest BCUT2D eigenvalue weighted by atomic mass is 9.89. The number of imidazole rings is 1. The summed E-state index contributed by atoms with van der Waals surface area (Å²) in [5.74, 6) is 1.31. The number of hydrogen-bond donors (Lipinski definition) is 2. The van der Waals surface area contributed by atoms with Crippen LogP contribution in [-0.2, 0) is 6.54 Å². The van der Waals surface area contributed by atoms with Crippen LogP contribution < -0.4 is 0 Å². The molecule has 2 N–H and O–H groups in total. The fourth-order valence-electron chi connectivity index (χ4n) is 2.82. The van der Waals surface area contributed by atoms with Gasteiger partial charge in [0.1, 0.15) is 5.82 Å². The van der Waals surface area contributed by atoms with Gasteiger partial charge in [-0.3, -0.25) is 9.88 Å². The van der Waals surface area contributed by atoms with Crippen LogP contribution in [0.3, 0.4) is 0 Å². The van der Waals surface area contributed by atoms with Gasteiger partial charge < -0.3 is 10.1 Å². The van der Waals surface area contributed by atoms with Crippen LogP contribution in [0.15, 0.2) is 36.8 Å². The number of rotatable bonds is 4. The molecule has 2 aromatic heterocycles. The van der Waals surface area contributed by atoms with E-state index in [4.69, 9.17) is 0 Å². The van der Waals surface area contributed by atoms with Gasteiger partial charge in [0.25, 0.3) is 0 Å². The highest BCUT2D eigenvalue weighted by Gasteiger charge is 2.27. The van der Waals surface area contributed by atoms with Gasteiger partial charge >= 0.3 is 0 Å². The van der Waals surface area contributed by atoms with E-state index in [9.17, 15) is 5.11 Å². The Bertz CT molecular complexity index is 506. The normalized spacial score (nSPS) is 19.1. The van der Waals surface area contributed by atoms with Crippen molar-refractivity contribution in [2.45, 2.75) is 25.5 Å². The third-order valence-corrected chi connectivity index (χ3v) is 4.00. The van der Waals surface area contributed by atoms with E-state index in [2.05, 4.69) is 19.9 Å². The lowest BCUT2D eigenvalue weighted by Gasteiger charge is -2.33. The van der Waals surface area contributed by atoms with Crippen molar-refractivity contribution in [3.63, 3.8) is 0 Å². The highest BCUT2D eigenvalue weighted by atomic mass is 16.3. The second-order valence-electron chi connectivity index (χ2n) is 5.35. The van der Waals surface area contributed by atoms with Crippen LogP contribution in [0.4, 0.5) is 0 Å². The molecule has 3 rings (SSSR count). The number of aromatic nitrogens is 3. The number of aliphatic hydroxyl groups excluding tert-OH is 1. The Hall–Kier alpha value is -1.72. The van der Waals surface area contributed by atoms with Crippen LogP contribution in [0.1, 0.15) is 30.5 Å². The number of aromatic amines is 1. The summed E-state index contributed by atoms with van der Waals surface area (Å²) >= 11 is 0. The molecule has 5 nitrogen and oxygen atoms in total. The van der Waals surface area contributed by atoms with Crippen LogP contribution in [0.2, 0.25) is 0 Å². The minimum atomic E-state index is -0.443. The maximum Gasteiger partial charge on any atom is 0.120 e. The highest BCUT2D eigenvalue weighted by Crippen LogP contribution is 2.29. The van der Waals surface area contributed by atoms with Crippen LogP contribution >= 0.6 is 0 Å². The second kappa shape index (κ2) is 6.15. The fourth-order valence-corrected chi connectivity index (χ4v) is 2.82. The Morgan fingerprint density at radius 2 is 2.10 bits per heavy atom. The Balaban J connectivity index is 1.53. The summed E-state index contributed by atoms with van der Waals surface area (Å²) in [6.07, 6.45) is 6.93. The molecule has 1 aliphatic rings. The Morgan fingerprint density at radius 1 is 1.25 bits per heavy atom. The average Bonchev–Trinajstić information content (AvgIpc) is 3.01. The average molecular weight is 272 g/mol. The van der Waals surface area contributed by atoms with E-state index < -0.39 is 6.10 Å². The number of piperidine rings is 1. The smallest absolute Gasteiger partial charge is 0.120 e. The summed E-state index contributed by atoms with van der Waals surface area (Å²) < 4.78 is 0. The van der Waals surface area contributed by atoms with Gasteiger partial charge in [0.15, 0.2) is 0 Å². The first-order valence-electron chi connectivity index (χ1n) is 7.12. The number of aliphatic hydroxyl groups is 1. The first-order chi connectivity index (χ1) is 9.83.